The standard InChI is InChI=1S/C24H25N7O2S/c1-30-11-13-31(14-12-30)22-10-5-17(15-26-22)21-4-2-3-18-16-27-24(29-23(18)21)28-19-6-8-20(9-7-19)34(25,32)33/h2-10,15-16H,11-14H2,1H3,(H2,25,32,33)(H,27,28,29). The number of benzene rings is 2. The number of fused-ring (bicyclic) bond motifs is 1. The SMILES string of the molecule is CN1CCN(c2ccc(-c3cccc4cnc(Nc5ccc(S(N)(=O)=O)cc5)nc34)cn2)CC1. The summed E-state index contributed by atoms with van der Waals surface area (Å²) in [6.45, 7) is 4.00. The highest BCUT2D eigenvalue weighted by Crippen LogP contribution is 2.29. The Morgan fingerprint density at radius 3 is 2.35 bits per heavy atom. The van der Waals surface area contributed by atoms with Crippen molar-refractivity contribution in [3.05, 3.63) is 67.0 Å². The van der Waals surface area contributed by atoms with Crippen LogP contribution in [0.15, 0.2) is 71.9 Å². The van der Waals surface area contributed by atoms with Crippen LogP contribution in [0.2, 0.25) is 0 Å². The first-order chi connectivity index (χ1) is 16.4. The molecule has 2 aromatic carbocycles. The van der Waals surface area contributed by atoms with Gasteiger partial charge in [-0.3, -0.25) is 0 Å². The number of likely N-dealkylation sites (N-methyl/N-ethyl adjacent to an activating group) is 1. The van der Waals surface area contributed by atoms with Crippen molar-refractivity contribution in [1.82, 2.24) is 19.9 Å². The number of anilines is 3. The van der Waals surface area contributed by atoms with E-state index in [1.54, 1.807) is 18.3 Å². The van der Waals surface area contributed by atoms with Crippen LogP contribution in [0.4, 0.5) is 17.5 Å². The molecule has 5 rings (SSSR count). The molecule has 0 bridgehead atoms. The van der Waals surface area contributed by atoms with Gasteiger partial charge in [0.05, 0.1) is 10.4 Å². The van der Waals surface area contributed by atoms with Gasteiger partial charge in [-0.05, 0) is 43.4 Å². The molecule has 0 unspecified atom stereocenters. The van der Waals surface area contributed by atoms with Crippen molar-refractivity contribution in [2.45, 2.75) is 4.90 Å². The number of rotatable bonds is 5. The van der Waals surface area contributed by atoms with Gasteiger partial charge in [0.1, 0.15) is 5.82 Å². The van der Waals surface area contributed by atoms with Gasteiger partial charge in [0.25, 0.3) is 0 Å². The molecule has 174 valence electrons. The molecule has 1 aliphatic rings. The number of nitrogens with one attached hydrogen (secondary N) is 1. The zero-order valence-electron chi connectivity index (χ0n) is 18.7. The molecular weight excluding hydrogens is 450 g/mol. The summed E-state index contributed by atoms with van der Waals surface area (Å²) in [4.78, 5) is 18.5. The Hall–Kier alpha value is -3.60. The average Bonchev–Trinajstić information content (AvgIpc) is 2.84. The van der Waals surface area contributed by atoms with E-state index in [-0.39, 0.29) is 4.90 Å². The van der Waals surface area contributed by atoms with Crippen LogP contribution in [0.5, 0.6) is 0 Å². The predicted octanol–water partition coefficient (Wildman–Crippen LogP) is 2.83. The molecule has 1 saturated heterocycles. The Kier molecular flexibility index (Phi) is 5.86. The highest BCUT2D eigenvalue weighted by Gasteiger charge is 2.16. The van der Waals surface area contributed by atoms with Crippen LogP contribution in [0.25, 0.3) is 22.0 Å². The van der Waals surface area contributed by atoms with E-state index in [1.807, 2.05) is 24.4 Å². The molecule has 0 atom stereocenters. The zero-order chi connectivity index (χ0) is 23.7. The molecule has 3 heterocycles. The minimum Gasteiger partial charge on any atom is -0.354 e. The van der Waals surface area contributed by atoms with E-state index in [2.05, 4.69) is 39.3 Å². The van der Waals surface area contributed by atoms with Crippen molar-refractivity contribution in [3.8, 4) is 11.1 Å². The number of hydrogen-bond acceptors (Lipinski definition) is 8. The number of primary sulfonamides is 1. The fourth-order valence-corrected chi connectivity index (χ4v) is 4.49. The van der Waals surface area contributed by atoms with Crippen LogP contribution in [0, 0.1) is 0 Å². The van der Waals surface area contributed by atoms with Crippen molar-refractivity contribution in [1.29, 1.82) is 0 Å². The first-order valence-corrected chi connectivity index (χ1v) is 12.5. The monoisotopic (exact) mass is 475 g/mol. The van der Waals surface area contributed by atoms with Gasteiger partial charge >= 0.3 is 0 Å². The van der Waals surface area contributed by atoms with Gasteiger partial charge in [-0.15, -0.1) is 0 Å². The van der Waals surface area contributed by atoms with Gasteiger partial charge in [0, 0.05) is 60.8 Å². The Morgan fingerprint density at radius 2 is 1.68 bits per heavy atom. The maximum absolute atomic E-state index is 11.5. The molecule has 10 heteroatoms. The molecule has 4 aromatic rings. The summed E-state index contributed by atoms with van der Waals surface area (Å²) in [6.07, 6.45) is 3.66. The Labute approximate surface area is 198 Å². The Balaban J connectivity index is 1.42. The molecule has 9 nitrogen and oxygen atoms in total. The van der Waals surface area contributed by atoms with E-state index < -0.39 is 10.0 Å². The Bertz CT molecular complexity index is 1420. The number of piperazine rings is 1. The number of nitrogens with zero attached hydrogens (tertiary/aromatic N) is 5. The number of sulfonamides is 1. The lowest BCUT2D eigenvalue weighted by Crippen LogP contribution is -2.44. The molecule has 3 N–H and O–H groups in total. The largest absolute Gasteiger partial charge is 0.354 e. The quantitative estimate of drug-likeness (QED) is 0.453. The van der Waals surface area contributed by atoms with Crippen LogP contribution >= 0.6 is 0 Å². The predicted molar refractivity (Wildman–Crippen MR) is 134 cm³/mol. The molecule has 0 radical (unpaired) electrons. The van der Waals surface area contributed by atoms with Gasteiger partial charge in [-0.1, -0.05) is 18.2 Å². The van der Waals surface area contributed by atoms with Crippen molar-refractivity contribution < 1.29 is 8.42 Å². The summed E-state index contributed by atoms with van der Waals surface area (Å²) >= 11 is 0. The average molecular weight is 476 g/mol. The molecular formula is C24H25N7O2S. The summed E-state index contributed by atoms with van der Waals surface area (Å²) in [7, 11) is -1.60. The number of aromatic nitrogens is 3. The van der Waals surface area contributed by atoms with E-state index in [0.717, 1.165) is 54.0 Å². The minimum absolute atomic E-state index is 0.0484. The van der Waals surface area contributed by atoms with Gasteiger partial charge < -0.3 is 15.1 Å². The second-order valence-corrected chi connectivity index (χ2v) is 9.89. The summed E-state index contributed by atoms with van der Waals surface area (Å²) in [6, 6.07) is 16.2. The lowest BCUT2D eigenvalue weighted by Gasteiger charge is -2.33. The summed E-state index contributed by atoms with van der Waals surface area (Å²) in [5.74, 6) is 1.39. The molecule has 34 heavy (non-hydrogen) atoms. The van der Waals surface area contributed by atoms with Crippen LogP contribution in [0.1, 0.15) is 0 Å². The lowest BCUT2D eigenvalue weighted by molar-refractivity contribution is 0.312. The molecule has 0 saturated carbocycles. The first-order valence-electron chi connectivity index (χ1n) is 10.9. The first kappa shape index (κ1) is 22.2. The topological polar surface area (TPSA) is 117 Å². The fourth-order valence-electron chi connectivity index (χ4n) is 3.97. The van der Waals surface area contributed by atoms with Crippen LogP contribution in [-0.4, -0.2) is 61.5 Å². The summed E-state index contributed by atoms with van der Waals surface area (Å²) in [5.41, 5.74) is 3.40. The van der Waals surface area contributed by atoms with Crippen molar-refractivity contribution in [2.24, 2.45) is 5.14 Å². The lowest BCUT2D eigenvalue weighted by atomic mass is 10.0. The van der Waals surface area contributed by atoms with Crippen molar-refractivity contribution in [2.75, 3.05) is 43.4 Å². The van der Waals surface area contributed by atoms with Gasteiger partial charge in [-0.25, -0.2) is 28.5 Å². The molecule has 0 amide bonds. The maximum Gasteiger partial charge on any atom is 0.238 e. The van der Waals surface area contributed by atoms with E-state index in [9.17, 15) is 8.42 Å². The number of nitrogens with two attached hydrogens (primary N) is 1. The Morgan fingerprint density at radius 1 is 0.912 bits per heavy atom. The highest BCUT2D eigenvalue weighted by molar-refractivity contribution is 7.89. The van der Waals surface area contributed by atoms with E-state index in [4.69, 9.17) is 15.1 Å². The zero-order valence-corrected chi connectivity index (χ0v) is 19.5. The van der Waals surface area contributed by atoms with Crippen LogP contribution < -0.4 is 15.4 Å². The second kappa shape index (κ2) is 8.98. The summed E-state index contributed by atoms with van der Waals surface area (Å²) < 4.78 is 22.9. The van der Waals surface area contributed by atoms with E-state index in [1.165, 1.54) is 12.1 Å². The third-order valence-electron chi connectivity index (χ3n) is 5.94. The van der Waals surface area contributed by atoms with Gasteiger partial charge in [-0.2, -0.15) is 0 Å². The van der Waals surface area contributed by atoms with Crippen molar-refractivity contribution >= 4 is 38.4 Å². The molecule has 1 aliphatic heterocycles. The van der Waals surface area contributed by atoms with E-state index >= 15 is 0 Å². The molecule has 0 aliphatic carbocycles. The maximum atomic E-state index is 11.5. The molecule has 1 fully saturated rings. The second-order valence-electron chi connectivity index (χ2n) is 8.33. The van der Waals surface area contributed by atoms with Gasteiger partial charge in [0.2, 0.25) is 16.0 Å². The van der Waals surface area contributed by atoms with Gasteiger partial charge in [0.15, 0.2) is 0 Å². The normalized spacial score (nSPS) is 14.9. The number of para-hydroxylation sites is 1. The number of pyridine rings is 1. The third-order valence-corrected chi connectivity index (χ3v) is 6.87. The summed E-state index contributed by atoms with van der Waals surface area (Å²) in [5, 5.41) is 9.21. The fraction of sp³-hybridized carbons (Fsp3) is 0.208. The molecule has 0 spiro atoms. The van der Waals surface area contributed by atoms with E-state index in [0.29, 0.717) is 11.6 Å². The van der Waals surface area contributed by atoms with Crippen molar-refractivity contribution in [3.63, 3.8) is 0 Å². The van der Waals surface area contributed by atoms with Crippen LogP contribution in [0.3, 0.4) is 0 Å². The highest BCUT2D eigenvalue weighted by atomic mass is 32.2. The smallest absolute Gasteiger partial charge is 0.238 e. The third kappa shape index (κ3) is 4.69. The van der Waals surface area contributed by atoms with Crippen LogP contribution in [-0.2, 0) is 10.0 Å². The number of hydrogen-bond donors (Lipinski definition) is 2. The minimum atomic E-state index is -3.74. The molecule has 2 aromatic heterocycles.